The molecular weight excluding hydrogens is 216 g/mol. The van der Waals surface area contributed by atoms with Crippen molar-refractivity contribution in [2.75, 3.05) is 0 Å². The summed E-state index contributed by atoms with van der Waals surface area (Å²) in [5, 5.41) is 0. The van der Waals surface area contributed by atoms with Gasteiger partial charge in [-0.05, 0) is 32.1 Å². The summed E-state index contributed by atoms with van der Waals surface area (Å²) in [6, 6.07) is 0. The van der Waals surface area contributed by atoms with Crippen LogP contribution in [0.1, 0.15) is 72.6 Å². The van der Waals surface area contributed by atoms with Crippen molar-refractivity contribution in [3.05, 3.63) is 22.8 Å². The second-order valence-corrected chi connectivity index (χ2v) is 5.49. The SMILES string of the molecule is CCCCC#CC1=C(CCCC)C(C)C=C(C)C1. The lowest BCUT2D eigenvalue weighted by atomic mass is 9.83. The molecule has 1 rings (SSSR count). The lowest BCUT2D eigenvalue weighted by Gasteiger charge is -2.22. The summed E-state index contributed by atoms with van der Waals surface area (Å²) in [6.45, 7) is 9.05. The standard InChI is InChI=1S/C18H28/c1-5-7-9-10-11-17-14-15(3)13-16(4)18(17)12-8-6-2/h13,16H,5-9,12,14H2,1-4H3. The van der Waals surface area contributed by atoms with Gasteiger partial charge in [0.05, 0.1) is 0 Å². The van der Waals surface area contributed by atoms with Crippen molar-refractivity contribution in [1.29, 1.82) is 0 Å². The fourth-order valence-corrected chi connectivity index (χ4v) is 2.56. The highest BCUT2D eigenvalue weighted by Crippen LogP contribution is 2.31. The third kappa shape index (κ3) is 4.73. The van der Waals surface area contributed by atoms with Gasteiger partial charge in [-0.25, -0.2) is 0 Å². The second-order valence-electron chi connectivity index (χ2n) is 5.49. The van der Waals surface area contributed by atoms with Crippen molar-refractivity contribution in [3.8, 4) is 11.8 Å². The molecule has 0 radical (unpaired) electrons. The first-order valence-electron chi connectivity index (χ1n) is 7.57. The minimum absolute atomic E-state index is 0.598. The lowest BCUT2D eigenvalue weighted by molar-refractivity contribution is 0.689. The van der Waals surface area contributed by atoms with E-state index in [1.165, 1.54) is 43.3 Å². The maximum absolute atomic E-state index is 3.47. The van der Waals surface area contributed by atoms with E-state index < -0.39 is 0 Å². The maximum Gasteiger partial charge on any atom is 0.00922 e. The Morgan fingerprint density at radius 1 is 1.22 bits per heavy atom. The van der Waals surface area contributed by atoms with Crippen LogP contribution in [0.2, 0.25) is 0 Å². The van der Waals surface area contributed by atoms with Crippen molar-refractivity contribution in [3.63, 3.8) is 0 Å². The molecule has 0 spiro atoms. The molecule has 0 aromatic heterocycles. The lowest BCUT2D eigenvalue weighted by Crippen LogP contribution is -2.07. The highest BCUT2D eigenvalue weighted by molar-refractivity contribution is 5.42. The molecule has 0 nitrogen and oxygen atoms in total. The molecule has 0 saturated heterocycles. The molecule has 0 heterocycles. The monoisotopic (exact) mass is 244 g/mol. The van der Waals surface area contributed by atoms with E-state index >= 15 is 0 Å². The second kappa shape index (κ2) is 8.20. The molecule has 0 heteroatoms. The Morgan fingerprint density at radius 3 is 2.61 bits per heavy atom. The van der Waals surface area contributed by atoms with Crippen molar-refractivity contribution in [2.24, 2.45) is 5.92 Å². The third-order valence-electron chi connectivity index (χ3n) is 3.62. The largest absolute Gasteiger partial charge is 0.0982 e. The molecule has 0 bridgehead atoms. The molecule has 0 aliphatic heterocycles. The summed E-state index contributed by atoms with van der Waals surface area (Å²) in [6.07, 6.45) is 10.8. The molecule has 1 aliphatic carbocycles. The molecule has 0 saturated carbocycles. The molecule has 0 fully saturated rings. The predicted octanol–water partition coefficient (Wildman–Crippen LogP) is 5.65. The van der Waals surface area contributed by atoms with Crippen molar-refractivity contribution < 1.29 is 0 Å². The van der Waals surface area contributed by atoms with Gasteiger partial charge in [-0.3, -0.25) is 0 Å². The van der Waals surface area contributed by atoms with Gasteiger partial charge in [-0.2, -0.15) is 0 Å². The van der Waals surface area contributed by atoms with Gasteiger partial charge in [-0.15, -0.1) is 0 Å². The van der Waals surface area contributed by atoms with Gasteiger partial charge in [0.1, 0.15) is 0 Å². The van der Waals surface area contributed by atoms with Crippen LogP contribution in [0.15, 0.2) is 22.8 Å². The zero-order valence-corrected chi connectivity index (χ0v) is 12.6. The number of allylic oxidation sites excluding steroid dienone is 4. The fourth-order valence-electron chi connectivity index (χ4n) is 2.56. The normalized spacial score (nSPS) is 19.3. The highest BCUT2D eigenvalue weighted by atomic mass is 14.2. The number of hydrogen-bond acceptors (Lipinski definition) is 0. The molecule has 0 N–H and O–H groups in total. The van der Waals surface area contributed by atoms with Gasteiger partial charge in [0.25, 0.3) is 0 Å². The van der Waals surface area contributed by atoms with Crippen LogP contribution in [-0.4, -0.2) is 0 Å². The van der Waals surface area contributed by atoms with E-state index in [1.54, 1.807) is 5.57 Å². The van der Waals surface area contributed by atoms with Gasteiger partial charge >= 0.3 is 0 Å². The van der Waals surface area contributed by atoms with Crippen molar-refractivity contribution >= 4 is 0 Å². The number of unbranched alkanes of at least 4 members (excludes halogenated alkanes) is 3. The molecule has 0 aromatic rings. The van der Waals surface area contributed by atoms with Crippen LogP contribution in [0, 0.1) is 17.8 Å². The topological polar surface area (TPSA) is 0 Å². The zero-order chi connectivity index (χ0) is 13.4. The first-order chi connectivity index (χ1) is 8.69. The minimum Gasteiger partial charge on any atom is -0.0982 e. The molecule has 0 amide bonds. The average Bonchev–Trinajstić information content (AvgIpc) is 2.33. The average molecular weight is 244 g/mol. The van der Waals surface area contributed by atoms with E-state index in [-0.39, 0.29) is 0 Å². The number of hydrogen-bond donors (Lipinski definition) is 0. The highest BCUT2D eigenvalue weighted by Gasteiger charge is 2.16. The Kier molecular flexibility index (Phi) is 6.88. The first kappa shape index (κ1) is 15.1. The van der Waals surface area contributed by atoms with Crippen LogP contribution in [0.3, 0.4) is 0 Å². The first-order valence-corrected chi connectivity index (χ1v) is 7.57. The van der Waals surface area contributed by atoms with Gasteiger partial charge in [0.2, 0.25) is 0 Å². The van der Waals surface area contributed by atoms with Gasteiger partial charge in [-0.1, -0.05) is 62.7 Å². The van der Waals surface area contributed by atoms with E-state index in [9.17, 15) is 0 Å². The van der Waals surface area contributed by atoms with Crippen molar-refractivity contribution in [2.45, 2.75) is 72.6 Å². The van der Waals surface area contributed by atoms with Crippen LogP contribution >= 0.6 is 0 Å². The Morgan fingerprint density at radius 2 is 1.94 bits per heavy atom. The quantitative estimate of drug-likeness (QED) is 0.333. The van der Waals surface area contributed by atoms with Gasteiger partial charge < -0.3 is 0 Å². The van der Waals surface area contributed by atoms with Crippen LogP contribution in [0.25, 0.3) is 0 Å². The molecule has 0 aromatic carbocycles. The Hall–Kier alpha value is -0.960. The Balaban J connectivity index is 2.78. The van der Waals surface area contributed by atoms with Crippen LogP contribution in [0.4, 0.5) is 0 Å². The Bertz CT molecular complexity index is 371. The maximum atomic E-state index is 3.47. The van der Waals surface area contributed by atoms with Crippen LogP contribution in [0.5, 0.6) is 0 Å². The van der Waals surface area contributed by atoms with Crippen LogP contribution < -0.4 is 0 Å². The Labute approximate surface area is 114 Å². The minimum atomic E-state index is 0.598. The summed E-state index contributed by atoms with van der Waals surface area (Å²) >= 11 is 0. The predicted molar refractivity (Wildman–Crippen MR) is 81.4 cm³/mol. The summed E-state index contributed by atoms with van der Waals surface area (Å²) in [5.41, 5.74) is 4.51. The summed E-state index contributed by atoms with van der Waals surface area (Å²) < 4.78 is 0. The molecule has 18 heavy (non-hydrogen) atoms. The molecule has 1 aliphatic rings. The number of rotatable bonds is 5. The summed E-state index contributed by atoms with van der Waals surface area (Å²) in [7, 11) is 0. The summed E-state index contributed by atoms with van der Waals surface area (Å²) in [4.78, 5) is 0. The molecule has 100 valence electrons. The molecule has 1 atom stereocenters. The van der Waals surface area contributed by atoms with E-state index in [0.717, 1.165) is 12.8 Å². The van der Waals surface area contributed by atoms with Gasteiger partial charge in [0, 0.05) is 18.4 Å². The van der Waals surface area contributed by atoms with E-state index in [1.807, 2.05) is 0 Å². The molecular formula is C18H28. The zero-order valence-electron chi connectivity index (χ0n) is 12.6. The van der Waals surface area contributed by atoms with Crippen LogP contribution in [-0.2, 0) is 0 Å². The van der Waals surface area contributed by atoms with E-state index in [2.05, 4.69) is 45.6 Å². The van der Waals surface area contributed by atoms with E-state index in [0.29, 0.717) is 5.92 Å². The fraction of sp³-hybridized carbons (Fsp3) is 0.667. The molecule has 1 unspecified atom stereocenters. The van der Waals surface area contributed by atoms with Gasteiger partial charge in [0.15, 0.2) is 0 Å². The van der Waals surface area contributed by atoms with Crippen molar-refractivity contribution in [1.82, 2.24) is 0 Å². The smallest absolute Gasteiger partial charge is 0.00922 e. The third-order valence-corrected chi connectivity index (χ3v) is 3.62. The summed E-state index contributed by atoms with van der Waals surface area (Å²) in [5.74, 6) is 7.43. The van der Waals surface area contributed by atoms with E-state index in [4.69, 9.17) is 0 Å².